The first-order valence-corrected chi connectivity index (χ1v) is 11.3. The predicted molar refractivity (Wildman–Crippen MR) is 107 cm³/mol. The lowest BCUT2D eigenvalue weighted by Gasteiger charge is -2.33. The number of nitrogens with one attached hydrogen (secondary N) is 2. The highest BCUT2D eigenvalue weighted by Gasteiger charge is 2.39. The van der Waals surface area contributed by atoms with Gasteiger partial charge >= 0.3 is 0 Å². The summed E-state index contributed by atoms with van der Waals surface area (Å²) in [6, 6.07) is 7.96. The Morgan fingerprint density at radius 1 is 1.19 bits per heavy atom. The minimum Gasteiger partial charge on any atom is -0.364 e. The van der Waals surface area contributed by atoms with Crippen molar-refractivity contribution >= 4 is 41.0 Å². The summed E-state index contributed by atoms with van der Waals surface area (Å²) >= 11 is 3.24. The first-order chi connectivity index (χ1) is 12.6. The van der Waals surface area contributed by atoms with Gasteiger partial charge in [0.2, 0.25) is 5.91 Å². The smallest absolute Gasteiger partial charge is 0.254 e. The molecule has 0 bridgehead atoms. The largest absolute Gasteiger partial charge is 0.364 e. The quantitative estimate of drug-likeness (QED) is 0.829. The van der Waals surface area contributed by atoms with Crippen molar-refractivity contribution in [2.24, 2.45) is 11.8 Å². The molecule has 1 aromatic carbocycles. The number of benzene rings is 1. The van der Waals surface area contributed by atoms with Crippen LogP contribution >= 0.6 is 23.5 Å². The molecule has 3 aliphatic heterocycles. The summed E-state index contributed by atoms with van der Waals surface area (Å²) in [6.07, 6.45) is 3.03. The van der Waals surface area contributed by atoms with Crippen LogP contribution in [0.3, 0.4) is 0 Å². The van der Waals surface area contributed by atoms with Gasteiger partial charge in [-0.2, -0.15) is 0 Å². The van der Waals surface area contributed by atoms with Crippen LogP contribution in [0.2, 0.25) is 0 Å². The molecular formula is C19H25N3O2S2. The Hall–Kier alpha value is -1.34. The Morgan fingerprint density at radius 2 is 1.96 bits per heavy atom. The van der Waals surface area contributed by atoms with Crippen LogP contribution in [-0.4, -0.2) is 46.3 Å². The van der Waals surface area contributed by atoms with Crippen LogP contribution in [0, 0.1) is 11.8 Å². The number of anilines is 1. The summed E-state index contributed by atoms with van der Waals surface area (Å²) < 4.78 is 0. The zero-order valence-corrected chi connectivity index (χ0v) is 16.6. The minimum atomic E-state index is -0.319. The number of likely N-dealkylation sites (tertiary alicyclic amines) is 1. The van der Waals surface area contributed by atoms with E-state index in [1.54, 1.807) is 11.8 Å². The van der Waals surface area contributed by atoms with Gasteiger partial charge in [0.25, 0.3) is 5.91 Å². The van der Waals surface area contributed by atoms with Crippen molar-refractivity contribution < 1.29 is 9.59 Å². The van der Waals surface area contributed by atoms with Crippen molar-refractivity contribution in [2.75, 3.05) is 24.2 Å². The molecule has 0 radical (unpaired) electrons. The molecule has 1 aromatic rings. The maximum atomic E-state index is 12.9. The number of carbonyl (C=O) groups excluding carboxylic acids is 2. The van der Waals surface area contributed by atoms with Crippen molar-refractivity contribution in [3.63, 3.8) is 0 Å². The summed E-state index contributed by atoms with van der Waals surface area (Å²) in [5, 5.41) is 5.96. The van der Waals surface area contributed by atoms with Crippen LogP contribution in [0.25, 0.3) is 0 Å². The Balaban J connectivity index is 1.35. The fourth-order valence-electron chi connectivity index (χ4n) is 3.77. The van der Waals surface area contributed by atoms with E-state index in [1.165, 1.54) is 11.8 Å². The molecule has 26 heavy (non-hydrogen) atoms. The van der Waals surface area contributed by atoms with Crippen molar-refractivity contribution in [2.45, 2.75) is 41.8 Å². The highest BCUT2D eigenvalue weighted by Crippen LogP contribution is 2.39. The lowest BCUT2D eigenvalue weighted by atomic mass is 9.97. The average molecular weight is 392 g/mol. The minimum absolute atomic E-state index is 0.0318. The van der Waals surface area contributed by atoms with Gasteiger partial charge in [0, 0.05) is 23.7 Å². The Bertz CT molecular complexity index is 666. The van der Waals surface area contributed by atoms with E-state index in [-0.39, 0.29) is 28.5 Å². The molecule has 0 aliphatic carbocycles. The molecule has 3 unspecified atom stereocenters. The number of fused-ring (bicyclic) bond motifs is 1. The van der Waals surface area contributed by atoms with E-state index in [1.807, 2.05) is 29.2 Å². The number of rotatable bonds is 3. The molecule has 0 aromatic heterocycles. The summed E-state index contributed by atoms with van der Waals surface area (Å²) in [6.45, 7) is 3.97. The van der Waals surface area contributed by atoms with Gasteiger partial charge in [-0.3, -0.25) is 9.59 Å². The van der Waals surface area contributed by atoms with E-state index in [0.29, 0.717) is 5.92 Å². The second kappa shape index (κ2) is 7.72. The van der Waals surface area contributed by atoms with E-state index < -0.39 is 0 Å². The lowest BCUT2D eigenvalue weighted by molar-refractivity contribution is -0.137. The summed E-state index contributed by atoms with van der Waals surface area (Å²) in [7, 11) is 0. The number of amides is 2. The SMILES string of the molecule is CC1CCN(C(=O)C2CCSC2NC(=O)C2Nc3ccccc3S2)CC1. The molecule has 4 rings (SSSR count). The van der Waals surface area contributed by atoms with Gasteiger partial charge in [0.05, 0.1) is 11.3 Å². The highest BCUT2D eigenvalue weighted by atomic mass is 32.2. The number of piperidine rings is 1. The molecule has 2 N–H and O–H groups in total. The van der Waals surface area contributed by atoms with Crippen LogP contribution in [0.1, 0.15) is 26.2 Å². The Kier molecular flexibility index (Phi) is 5.36. The zero-order valence-electron chi connectivity index (χ0n) is 14.9. The molecule has 3 heterocycles. The molecule has 0 spiro atoms. The molecule has 7 heteroatoms. The standard InChI is InChI=1S/C19H25N3O2S2/c1-12-6-9-22(10-7-12)19(24)13-8-11-25-17(13)21-16(23)18-20-14-4-2-3-5-15(14)26-18/h2-5,12-13,17-18,20H,6-11H2,1H3,(H,21,23). The molecule has 0 saturated carbocycles. The van der Waals surface area contributed by atoms with Crippen LogP contribution < -0.4 is 10.6 Å². The number of para-hydroxylation sites is 1. The lowest BCUT2D eigenvalue weighted by Crippen LogP contribution is -2.48. The van der Waals surface area contributed by atoms with E-state index in [0.717, 1.165) is 48.7 Å². The monoisotopic (exact) mass is 391 g/mol. The summed E-state index contributed by atoms with van der Waals surface area (Å²) in [5.74, 6) is 1.74. The maximum absolute atomic E-state index is 12.9. The summed E-state index contributed by atoms with van der Waals surface area (Å²) in [5.41, 5.74) is 1.01. The fourth-order valence-corrected chi connectivity index (χ4v) is 6.12. The topological polar surface area (TPSA) is 61.4 Å². The van der Waals surface area contributed by atoms with Crippen molar-refractivity contribution in [1.29, 1.82) is 0 Å². The number of carbonyl (C=O) groups is 2. The number of hydrogen-bond donors (Lipinski definition) is 2. The molecule has 140 valence electrons. The molecule has 2 saturated heterocycles. The second-order valence-electron chi connectivity index (χ2n) is 7.34. The molecule has 3 aliphatic rings. The van der Waals surface area contributed by atoms with E-state index in [2.05, 4.69) is 17.6 Å². The van der Waals surface area contributed by atoms with Crippen LogP contribution in [0.15, 0.2) is 29.2 Å². The molecule has 3 atom stereocenters. The van der Waals surface area contributed by atoms with Gasteiger partial charge in [0.15, 0.2) is 5.37 Å². The number of nitrogens with zero attached hydrogens (tertiary/aromatic N) is 1. The van der Waals surface area contributed by atoms with Gasteiger partial charge < -0.3 is 15.5 Å². The third kappa shape index (κ3) is 3.69. The first-order valence-electron chi connectivity index (χ1n) is 9.35. The van der Waals surface area contributed by atoms with E-state index in [4.69, 9.17) is 0 Å². The fraction of sp³-hybridized carbons (Fsp3) is 0.579. The highest BCUT2D eigenvalue weighted by molar-refractivity contribution is 8.01. The van der Waals surface area contributed by atoms with Crippen molar-refractivity contribution in [1.82, 2.24) is 10.2 Å². The van der Waals surface area contributed by atoms with Crippen molar-refractivity contribution in [3.8, 4) is 0 Å². The van der Waals surface area contributed by atoms with Crippen LogP contribution in [-0.2, 0) is 9.59 Å². The molecule has 2 amide bonds. The maximum Gasteiger partial charge on any atom is 0.254 e. The Labute approximate surface area is 163 Å². The van der Waals surface area contributed by atoms with Gasteiger partial charge in [0.1, 0.15) is 0 Å². The van der Waals surface area contributed by atoms with Gasteiger partial charge in [-0.15, -0.1) is 11.8 Å². The third-order valence-corrected chi connectivity index (χ3v) is 7.90. The van der Waals surface area contributed by atoms with Crippen LogP contribution in [0.5, 0.6) is 0 Å². The third-order valence-electron chi connectivity index (χ3n) is 5.45. The van der Waals surface area contributed by atoms with Gasteiger partial charge in [-0.05, 0) is 43.1 Å². The van der Waals surface area contributed by atoms with E-state index in [9.17, 15) is 9.59 Å². The van der Waals surface area contributed by atoms with Crippen molar-refractivity contribution in [3.05, 3.63) is 24.3 Å². The zero-order chi connectivity index (χ0) is 18.1. The van der Waals surface area contributed by atoms with Gasteiger partial charge in [-0.25, -0.2) is 0 Å². The Morgan fingerprint density at radius 3 is 2.73 bits per heavy atom. The normalized spacial score (nSPS) is 28.5. The predicted octanol–water partition coefficient (Wildman–Crippen LogP) is 2.98. The molecule has 2 fully saturated rings. The second-order valence-corrected chi connectivity index (χ2v) is 9.74. The summed E-state index contributed by atoms with van der Waals surface area (Å²) in [4.78, 5) is 28.8. The molecular weight excluding hydrogens is 366 g/mol. The molecule has 5 nitrogen and oxygen atoms in total. The number of hydrogen-bond acceptors (Lipinski definition) is 5. The number of thioether (sulfide) groups is 2. The van der Waals surface area contributed by atoms with Crippen LogP contribution in [0.4, 0.5) is 5.69 Å². The average Bonchev–Trinajstić information content (AvgIpc) is 3.28. The first kappa shape index (κ1) is 18.0. The van der Waals surface area contributed by atoms with Gasteiger partial charge in [-0.1, -0.05) is 30.8 Å². The van der Waals surface area contributed by atoms with E-state index >= 15 is 0 Å².